The number of amides is 1. The molecule has 0 bridgehead atoms. The van der Waals surface area contributed by atoms with Gasteiger partial charge in [0.2, 0.25) is 0 Å². The molecule has 3 aromatic carbocycles. The molecule has 1 aliphatic heterocycles. The van der Waals surface area contributed by atoms with Gasteiger partial charge < -0.3 is 4.90 Å². The Morgan fingerprint density at radius 1 is 1.11 bits per heavy atom. The lowest BCUT2D eigenvalue weighted by Crippen LogP contribution is -2.31. The van der Waals surface area contributed by atoms with E-state index < -0.39 is 4.92 Å². The molecule has 0 N–H and O–H groups in total. The Labute approximate surface area is 218 Å². The van der Waals surface area contributed by atoms with Crippen molar-refractivity contribution in [2.24, 2.45) is 0 Å². The summed E-state index contributed by atoms with van der Waals surface area (Å²) in [4.78, 5) is 33.9. The second kappa shape index (κ2) is 10.2. The smallest absolute Gasteiger partial charge is 0.293 e. The molecule has 1 amide bonds. The van der Waals surface area contributed by atoms with Gasteiger partial charge in [0, 0.05) is 29.7 Å². The Hall–Kier alpha value is -3.49. The summed E-state index contributed by atoms with van der Waals surface area (Å²) in [6, 6.07) is 18.2. The number of nitro groups is 1. The summed E-state index contributed by atoms with van der Waals surface area (Å²) in [6.45, 7) is 3.75. The van der Waals surface area contributed by atoms with Crippen LogP contribution < -0.4 is 9.80 Å². The third kappa shape index (κ3) is 4.79. The van der Waals surface area contributed by atoms with Gasteiger partial charge in [0.05, 0.1) is 21.7 Å². The van der Waals surface area contributed by atoms with E-state index in [2.05, 4.69) is 0 Å². The number of benzene rings is 3. The van der Waals surface area contributed by atoms with Crippen LogP contribution in [0.4, 0.5) is 16.5 Å². The summed E-state index contributed by atoms with van der Waals surface area (Å²) in [5.41, 5.74) is 3.31. The molecular formula is C27H25ClN4O3S. The van der Waals surface area contributed by atoms with Crippen LogP contribution in [0.25, 0.3) is 10.2 Å². The molecule has 7 nitrogen and oxygen atoms in total. The van der Waals surface area contributed by atoms with Gasteiger partial charge >= 0.3 is 0 Å². The predicted molar refractivity (Wildman–Crippen MR) is 145 cm³/mol. The Balaban J connectivity index is 1.56. The normalized spacial score (nSPS) is 13.7. The molecule has 2 heterocycles. The minimum absolute atomic E-state index is 0.0469. The number of anilines is 2. The van der Waals surface area contributed by atoms with E-state index in [0.29, 0.717) is 15.8 Å². The van der Waals surface area contributed by atoms with Crippen LogP contribution in [0, 0.1) is 17.0 Å². The largest absolute Gasteiger partial charge is 0.366 e. The van der Waals surface area contributed by atoms with E-state index in [0.717, 1.165) is 53.7 Å². The molecule has 0 aliphatic carbocycles. The predicted octanol–water partition coefficient (Wildman–Crippen LogP) is 7.00. The summed E-state index contributed by atoms with van der Waals surface area (Å²) in [5, 5.41) is 13.1. The fourth-order valence-corrected chi connectivity index (χ4v) is 5.73. The van der Waals surface area contributed by atoms with E-state index in [1.165, 1.54) is 17.4 Å². The Morgan fingerprint density at radius 3 is 2.58 bits per heavy atom. The maximum Gasteiger partial charge on any atom is 0.293 e. The number of hydrogen-bond donors (Lipinski definition) is 0. The van der Waals surface area contributed by atoms with Crippen molar-refractivity contribution in [2.75, 3.05) is 22.9 Å². The summed E-state index contributed by atoms with van der Waals surface area (Å²) >= 11 is 7.71. The highest BCUT2D eigenvalue weighted by Crippen LogP contribution is 2.36. The van der Waals surface area contributed by atoms with E-state index >= 15 is 0 Å². The first-order valence-corrected chi connectivity index (χ1v) is 13.1. The fourth-order valence-electron chi connectivity index (χ4n) is 4.56. The molecule has 5 rings (SSSR count). The van der Waals surface area contributed by atoms with Crippen LogP contribution in [0.15, 0.2) is 60.7 Å². The van der Waals surface area contributed by atoms with Crippen molar-refractivity contribution < 1.29 is 9.72 Å². The molecule has 0 unspecified atom stereocenters. The van der Waals surface area contributed by atoms with Gasteiger partial charge in [-0.05, 0) is 61.6 Å². The van der Waals surface area contributed by atoms with Crippen LogP contribution in [0.3, 0.4) is 0 Å². The molecule has 0 radical (unpaired) electrons. The standard InChI is InChI=1S/C27H25ClN4O3S/c1-18-21(28)11-13-24-25(18)29-27(36-24)31(17-19-8-4-2-5-9-19)26(33)20-10-12-22(23(16-20)32(34)35)30-14-6-3-7-15-30/h2,4-5,8-13,16H,3,6-7,14-15,17H2,1H3. The number of hydrogen-bond acceptors (Lipinski definition) is 6. The molecule has 9 heteroatoms. The molecule has 36 heavy (non-hydrogen) atoms. The summed E-state index contributed by atoms with van der Waals surface area (Å²) < 4.78 is 0.921. The summed E-state index contributed by atoms with van der Waals surface area (Å²) in [5.74, 6) is -0.338. The highest BCUT2D eigenvalue weighted by molar-refractivity contribution is 7.22. The van der Waals surface area contributed by atoms with E-state index in [-0.39, 0.29) is 23.7 Å². The van der Waals surface area contributed by atoms with E-state index in [9.17, 15) is 14.9 Å². The summed E-state index contributed by atoms with van der Waals surface area (Å²) in [6.07, 6.45) is 3.13. The lowest BCUT2D eigenvalue weighted by atomic mass is 10.1. The zero-order valence-electron chi connectivity index (χ0n) is 19.8. The first-order valence-electron chi connectivity index (χ1n) is 11.9. The van der Waals surface area contributed by atoms with Crippen LogP contribution in [-0.4, -0.2) is 28.9 Å². The van der Waals surface area contributed by atoms with Crippen molar-refractivity contribution in [1.29, 1.82) is 0 Å². The van der Waals surface area contributed by atoms with Crippen molar-refractivity contribution in [2.45, 2.75) is 32.7 Å². The van der Waals surface area contributed by atoms with Crippen molar-refractivity contribution in [3.63, 3.8) is 0 Å². The monoisotopic (exact) mass is 520 g/mol. The van der Waals surface area contributed by atoms with Crippen molar-refractivity contribution in [1.82, 2.24) is 4.98 Å². The van der Waals surface area contributed by atoms with Crippen molar-refractivity contribution in [3.8, 4) is 0 Å². The van der Waals surface area contributed by atoms with Crippen molar-refractivity contribution in [3.05, 3.63) is 92.5 Å². The number of carbonyl (C=O) groups excluding carboxylic acids is 1. The van der Waals surface area contributed by atoms with Crippen LogP contribution in [0.2, 0.25) is 5.02 Å². The first-order chi connectivity index (χ1) is 17.4. The second-order valence-corrected chi connectivity index (χ2v) is 10.3. The summed E-state index contributed by atoms with van der Waals surface area (Å²) in [7, 11) is 0. The molecule has 1 aliphatic rings. The molecule has 0 saturated carbocycles. The minimum atomic E-state index is -0.398. The molecular weight excluding hydrogens is 496 g/mol. The molecule has 1 saturated heterocycles. The fraction of sp³-hybridized carbons (Fsp3) is 0.259. The zero-order valence-corrected chi connectivity index (χ0v) is 21.4. The van der Waals surface area contributed by atoms with Gasteiger partial charge in [-0.15, -0.1) is 0 Å². The molecule has 4 aromatic rings. The Bertz CT molecular complexity index is 1430. The topological polar surface area (TPSA) is 79.6 Å². The number of aryl methyl sites for hydroxylation is 1. The average molecular weight is 521 g/mol. The molecule has 1 fully saturated rings. The number of thiazole rings is 1. The Kier molecular flexibility index (Phi) is 6.89. The van der Waals surface area contributed by atoms with Crippen LogP contribution in [0.1, 0.15) is 40.7 Å². The van der Waals surface area contributed by atoms with Gasteiger partial charge in [0.15, 0.2) is 5.13 Å². The lowest BCUT2D eigenvalue weighted by molar-refractivity contribution is -0.384. The maximum atomic E-state index is 13.9. The van der Waals surface area contributed by atoms with Gasteiger partial charge in [-0.3, -0.25) is 19.8 Å². The highest BCUT2D eigenvalue weighted by Gasteiger charge is 2.27. The van der Waals surface area contributed by atoms with Gasteiger partial charge in [0.1, 0.15) is 5.69 Å². The SMILES string of the molecule is Cc1c(Cl)ccc2sc(N(Cc3ccccc3)C(=O)c3ccc(N4CCCCC4)c([N+](=O)[O-])c3)nc12. The Morgan fingerprint density at radius 2 is 1.86 bits per heavy atom. The number of nitro benzene ring substituents is 1. The quantitative estimate of drug-likeness (QED) is 0.202. The maximum absolute atomic E-state index is 13.9. The number of aromatic nitrogens is 1. The number of carbonyl (C=O) groups is 1. The molecule has 1 aromatic heterocycles. The molecule has 0 atom stereocenters. The second-order valence-electron chi connectivity index (χ2n) is 8.90. The van der Waals surface area contributed by atoms with E-state index in [1.807, 2.05) is 54.3 Å². The molecule has 0 spiro atoms. The van der Waals surface area contributed by atoms with Gasteiger partial charge in [-0.2, -0.15) is 0 Å². The van der Waals surface area contributed by atoms with Gasteiger partial charge in [0.25, 0.3) is 11.6 Å². The lowest BCUT2D eigenvalue weighted by Gasteiger charge is -2.28. The number of nitrogens with zero attached hydrogens (tertiary/aromatic N) is 4. The molecule has 184 valence electrons. The van der Waals surface area contributed by atoms with Crippen LogP contribution in [0.5, 0.6) is 0 Å². The van der Waals surface area contributed by atoms with Crippen LogP contribution in [-0.2, 0) is 6.54 Å². The van der Waals surface area contributed by atoms with Gasteiger partial charge in [-0.1, -0.05) is 53.3 Å². The number of fused-ring (bicyclic) bond motifs is 1. The third-order valence-corrected chi connectivity index (χ3v) is 7.97. The number of halogens is 1. The number of rotatable bonds is 6. The van der Waals surface area contributed by atoms with E-state index in [1.54, 1.807) is 17.0 Å². The first kappa shape index (κ1) is 24.2. The highest BCUT2D eigenvalue weighted by atomic mass is 35.5. The third-order valence-electron chi connectivity index (χ3n) is 6.51. The zero-order chi connectivity index (χ0) is 25.2. The minimum Gasteiger partial charge on any atom is -0.366 e. The van der Waals surface area contributed by atoms with Crippen molar-refractivity contribution >= 4 is 55.6 Å². The van der Waals surface area contributed by atoms with E-state index in [4.69, 9.17) is 16.6 Å². The van der Waals surface area contributed by atoms with Crippen LogP contribution >= 0.6 is 22.9 Å². The average Bonchev–Trinajstić information content (AvgIpc) is 3.34. The number of piperidine rings is 1. The van der Waals surface area contributed by atoms with Gasteiger partial charge in [-0.25, -0.2) is 4.98 Å².